The highest BCUT2D eigenvalue weighted by atomic mass is 16.1. The molecular formula is C20H20N4O. The Balaban J connectivity index is 1.98. The number of fused-ring (bicyclic) bond motifs is 1. The Hall–Kier alpha value is -2.95. The number of nitrogens with zero attached hydrogens (tertiary/aromatic N) is 4. The summed E-state index contributed by atoms with van der Waals surface area (Å²) < 4.78 is 3.53. The highest BCUT2D eigenvalue weighted by molar-refractivity contribution is 5.97. The second-order valence-corrected chi connectivity index (χ2v) is 6.42. The first kappa shape index (κ1) is 15.6. The SMILES string of the molecule is Cc1ccc(-n2c(C)c3cnn(C4=NCCC=C4)c(=O)c3c2C)cc1. The summed E-state index contributed by atoms with van der Waals surface area (Å²) in [4.78, 5) is 17.5. The highest BCUT2D eigenvalue weighted by Gasteiger charge is 2.18. The van der Waals surface area contributed by atoms with Gasteiger partial charge in [0.05, 0.1) is 11.6 Å². The van der Waals surface area contributed by atoms with Crippen LogP contribution in [0.25, 0.3) is 16.5 Å². The van der Waals surface area contributed by atoms with E-state index in [2.05, 4.69) is 45.8 Å². The number of rotatable bonds is 1. The van der Waals surface area contributed by atoms with E-state index in [1.165, 1.54) is 10.2 Å². The molecule has 126 valence electrons. The summed E-state index contributed by atoms with van der Waals surface area (Å²) in [6.45, 7) is 6.77. The van der Waals surface area contributed by atoms with Crippen LogP contribution in [0.1, 0.15) is 23.4 Å². The van der Waals surface area contributed by atoms with E-state index in [4.69, 9.17) is 0 Å². The maximum Gasteiger partial charge on any atom is 0.282 e. The zero-order valence-electron chi connectivity index (χ0n) is 14.7. The fraction of sp³-hybridized carbons (Fsp3) is 0.250. The van der Waals surface area contributed by atoms with Crippen molar-refractivity contribution in [3.05, 3.63) is 69.9 Å². The Morgan fingerprint density at radius 3 is 2.48 bits per heavy atom. The second kappa shape index (κ2) is 5.84. The van der Waals surface area contributed by atoms with Crippen LogP contribution in [0.2, 0.25) is 0 Å². The van der Waals surface area contributed by atoms with Gasteiger partial charge in [-0.3, -0.25) is 9.79 Å². The zero-order chi connectivity index (χ0) is 17.6. The summed E-state index contributed by atoms with van der Waals surface area (Å²) in [6.07, 6.45) is 6.57. The van der Waals surface area contributed by atoms with Gasteiger partial charge in [0.25, 0.3) is 5.56 Å². The Bertz CT molecular complexity index is 1080. The third-order valence-corrected chi connectivity index (χ3v) is 4.75. The summed E-state index contributed by atoms with van der Waals surface area (Å²) in [6, 6.07) is 8.32. The van der Waals surface area contributed by atoms with Crippen LogP contribution in [0.4, 0.5) is 0 Å². The minimum absolute atomic E-state index is 0.116. The predicted octanol–water partition coefficient (Wildman–Crippen LogP) is 3.32. The van der Waals surface area contributed by atoms with Crippen LogP contribution < -0.4 is 5.56 Å². The lowest BCUT2D eigenvalue weighted by molar-refractivity contribution is 0.847. The predicted molar refractivity (Wildman–Crippen MR) is 101 cm³/mol. The first-order valence-corrected chi connectivity index (χ1v) is 8.46. The van der Waals surface area contributed by atoms with Gasteiger partial charge in [-0.05, 0) is 45.4 Å². The van der Waals surface area contributed by atoms with Crippen molar-refractivity contribution >= 4 is 16.6 Å². The number of dihydropyridines is 1. The van der Waals surface area contributed by atoms with Crippen molar-refractivity contribution in [3.63, 3.8) is 0 Å². The van der Waals surface area contributed by atoms with Gasteiger partial charge in [0.15, 0.2) is 5.84 Å². The van der Waals surface area contributed by atoms with Gasteiger partial charge >= 0.3 is 0 Å². The van der Waals surface area contributed by atoms with Crippen molar-refractivity contribution in [1.29, 1.82) is 0 Å². The lowest BCUT2D eigenvalue weighted by Crippen LogP contribution is -2.29. The molecule has 0 amide bonds. The molecule has 5 heteroatoms. The van der Waals surface area contributed by atoms with Crippen molar-refractivity contribution in [2.45, 2.75) is 27.2 Å². The van der Waals surface area contributed by atoms with Gasteiger partial charge in [0.1, 0.15) is 0 Å². The Kier molecular flexibility index (Phi) is 3.64. The smallest absolute Gasteiger partial charge is 0.282 e. The van der Waals surface area contributed by atoms with Gasteiger partial charge in [-0.15, -0.1) is 0 Å². The molecule has 3 aromatic rings. The molecule has 1 aromatic carbocycles. The third kappa shape index (κ3) is 2.43. The third-order valence-electron chi connectivity index (χ3n) is 4.75. The minimum atomic E-state index is -0.116. The van der Waals surface area contributed by atoms with E-state index in [1.54, 1.807) is 6.20 Å². The molecule has 0 radical (unpaired) electrons. The summed E-state index contributed by atoms with van der Waals surface area (Å²) >= 11 is 0. The molecule has 1 aliphatic rings. The summed E-state index contributed by atoms with van der Waals surface area (Å²) in [7, 11) is 0. The van der Waals surface area contributed by atoms with Crippen LogP contribution in [0.15, 0.2) is 52.4 Å². The van der Waals surface area contributed by atoms with Gasteiger partial charge in [-0.2, -0.15) is 9.78 Å². The van der Waals surface area contributed by atoms with Crippen LogP contribution in [0, 0.1) is 20.8 Å². The van der Waals surface area contributed by atoms with E-state index in [1.807, 2.05) is 26.0 Å². The fourth-order valence-electron chi connectivity index (χ4n) is 3.44. The van der Waals surface area contributed by atoms with Gasteiger partial charge in [-0.1, -0.05) is 23.8 Å². The first-order valence-electron chi connectivity index (χ1n) is 8.46. The molecule has 0 atom stereocenters. The molecule has 0 aliphatic carbocycles. The molecule has 0 unspecified atom stereocenters. The molecule has 0 N–H and O–H groups in total. The summed E-state index contributed by atoms with van der Waals surface area (Å²) in [5.74, 6) is 0.610. The maximum absolute atomic E-state index is 13.1. The van der Waals surface area contributed by atoms with Gasteiger partial charge in [0.2, 0.25) is 0 Å². The van der Waals surface area contributed by atoms with E-state index < -0.39 is 0 Å². The molecule has 3 heterocycles. The topological polar surface area (TPSA) is 52.2 Å². The summed E-state index contributed by atoms with van der Waals surface area (Å²) in [5, 5.41) is 5.95. The standard InChI is InChI=1S/C20H20N4O/c1-13-7-9-16(10-8-13)23-14(2)17-12-22-24(18-6-4-5-11-21-18)20(25)19(17)15(23)3/h4,6-10,12H,5,11H2,1-3H3. The van der Waals surface area contributed by atoms with Crippen molar-refractivity contribution in [2.24, 2.45) is 4.99 Å². The van der Waals surface area contributed by atoms with E-state index in [9.17, 15) is 4.79 Å². The van der Waals surface area contributed by atoms with Crippen LogP contribution in [-0.2, 0) is 0 Å². The number of hydrogen-bond donors (Lipinski definition) is 0. The fourth-order valence-corrected chi connectivity index (χ4v) is 3.44. The lowest BCUT2D eigenvalue weighted by atomic mass is 10.2. The van der Waals surface area contributed by atoms with Crippen molar-refractivity contribution in [1.82, 2.24) is 14.3 Å². The molecule has 0 spiro atoms. The molecule has 1 aliphatic heterocycles. The number of aromatic nitrogens is 3. The minimum Gasteiger partial charge on any atom is -0.317 e. The van der Waals surface area contributed by atoms with Gasteiger partial charge < -0.3 is 4.57 Å². The van der Waals surface area contributed by atoms with Crippen LogP contribution in [0.3, 0.4) is 0 Å². The summed E-state index contributed by atoms with van der Waals surface area (Å²) in [5.41, 5.74) is 4.10. The van der Waals surface area contributed by atoms with Crippen LogP contribution in [-0.4, -0.2) is 26.7 Å². The Morgan fingerprint density at radius 1 is 1.04 bits per heavy atom. The molecule has 2 aromatic heterocycles. The number of aliphatic imine (C=N–C) groups is 1. The van der Waals surface area contributed by atoms with Gasteiger partial charge in [-0.25, -0.2) is 0 Å². The molecular weight excluding hydrogens is 312 g/mol. The van der Waals surface area contributed by atoms with E-state index >= 15 is 0 Å². The number of benzene rings is 1. The molecule has 4 rings (SSSR count). The quantitative estimate of drug-likeness (QED) is 0.686. The van der Waals surface area contributed by atoms with Crippen LogP contribution in [0.5, 0.6) is 0 Å². The largest absolute Gasteiger partial charge is 0.317 e. The van der Waals surface area contributed by atoms with E-state index in [0.717, 1.165) is 28.9 Å². The molecule has 0 saturated carbocycles. The number of allylic oxidation sites excluding steroid dienone is 1. The zero-order valence-corrected chi connectivity index (χ0v) is 14.7. The van der Waals surface area contributed by atoms with Crippen LogP contribution >= 0.6 is 0 Å². The van der Waals surface area contributed by atoms with Crippen molar-refractivity contribution in [2.75, 3.05) is 6.54 Å². The van der Waals surface area contributed by atoms with Gasteiger partial charge in [0, 0.05) is 29.0 Å². The average Bonchev–Trinajstić information content (AvgIpc) is 2.88. The monoisotopic (exact) mass is 332 g/mol. The maximum atomic E-state index is 13.1. The molecule has 0 fully saturated rings. The second-order valence-electron chi connectivity index (χ2n) is 6.42. The highest BCUT2D eigenvalue weighted by Crippen LogP contribution is 2.26. The molecule has 25 heavy (non-hydrogen) atoms. The van der Waals surface area contributed by atoms with Crippen molar-refractivity contribution in [3.8, 4) is 5.69 Å². The van der Waals surface area contributed by atoms with Crippen molar-refractivity contribution < 1.29 is 0 Å². The first-order chi connectivity index (χ1) is 12.1. The average molecular weight is 332 g/mol. The molecule has 0 bridgehead atoms. The lowest BCUT2D eigenvalue weighted by Gasteiger charge is -2.09. The Morgan fingerprint density at radius 2 is 1.80 bits per heavy atom. The van der Waals surface area contributed by atoms with E-state index in [0.29, 0.717) is 17.8 Å². The molecule has 0 saturated heterocycles. The normalized spacial score (nSPS) is 14.1. The Labute approximate surface area is 145 Å². The number of aryl methyl sites for hydroxylation is 3. The number of hydrogen-bond acceptors (Lipinski definition) is 3. The van der Waals surface area contributed by atoms with E-state index in [-0.39, 0.29) is 5.56 Å². The molecule has 5 nitrogen and oxygen atoms in total.